The second-order valence-electron chi connectivity index (χ2n) is 2.75. The van der Waals surface area contributed by atoms with Gasteiger partial charge in [-0.15, -0.1) is 0 Å². The molecule has 1 atom stereocenters. The first-order chi connectivity index (χ1) is 5.22. The Bertz CT molecular complexity index is 226. The molecule has 0 radical (unpaired) electrons. The highest BCUT2D eigenvalue weighted by atomic mass is 16.5. The van der Waals surface area contributed by atoms with Crippen LogP contribution in [0.1, 0.15) is 0 Å². The summed E-state index contributed by atoms with van der Waals surface area (Å²) in [5, 5.41) is 9.67. The van der Waals surface area contributed by atoms with E-state index in [2.05, 4.69) is 0 Å². The summed E-state index contributed by atoms with van der Waals surface area (Å²) in [5.41, 5.74) is -1.16. The molecule has 2 aliphatic heterocycles. The molecule has 0 spiro atoms. The zero-order chi connectivity index (χ0) is 7.90. The molecule has 0 aromatic heterocycles. The molecule has 11 heavy (non-hydrogen) atoms. The molecule has 0 aromatic rings. The van der Waals surface area contributed by atoms with Crippen LogP contribution in [0.25, 0.3) is 0 Å². The van der Waals surface area contributed by atoms with Crippen LogP contribution in [0.4, 0.5) is 0 Å². The van der Waals surface area contributed by atoms with Crippen LogP contribution in [-0.4, -0.2) is 41.4 Å². The van der Waals surface area contributed by atoms with E-state index in [9.17, 15) is 9.90 Å². The number of rotatable bonds is 0. The van der Waals surface area contributed by atoms with Crippen LogP contribution in [0.2, 0.25) is 0 Å². The number of ether oxygens (including phenoxy) is 1. The minimum Gasteiger partial charge on any atom is -0.374 e. The van der Waals surface area contributed by atoms with Crippen molar-refractivity contribution in [2.24, 2.45) is 0 Å². The van der Waals surface area contributed by atoms with Gasteiger partial charge in [-0.3, -0.25) is 4.79 Å². The van der Waals surface area contributed by atoms with Crippen molar-refractivity contribution in [2.45, 2.75) is 5.72 Å². The predicted molar refractivity (Wildman–Crippen MR) is 36.6 cm³/mol. The lowest BCUT2D eigenvalue weighted by Crippen LogP contribution is -2.54. The first kappa shape index (κ1) is 6.82. The quantitative estimate of drug-likeness (QED) is 0.493. The number of carbonyl (C=O) groups is 1. The molecule has 2 aliphatic rings. The SMILES string of the molecule is O=C1C=CC2(O)COCCN12. The highest BCUT2D eigenvalue weighted by molar-refractivity contribution is 5.91. The first-order valence-electron chi connectivity index (χ1n) is 3.53. The fourth-order valence-corrected chi connectivity index (χ4v) is 1.38. The second-order valence-corrected chi connectivity index (χ2v) is 2.75. The Morgan fingerprint density at radius 2 is 2.55 bits per heavy atom. The molecule has 1 N–H and O–H groups in total. The second kappa shape index (κ2) is 2.06. The van der Waals surface area contributed by atoms with E-state index < -0.39 is 5.72 Å². The lowest BCUT2D eigenvalue weighted by atomic mass is 10.2. The normalized spacial score (nSPS) is 36.1. The summed E-state index contributed by atoms with van der Waals surface area (Å²) in [6.45, 7) is 1.17. The Morgan fingerprint density at radius 1 is 1.73 bits per heavy atom. The highest BCUT2D eigenvalue weighted by Crippen LogP contribution is 2.23. The van der Waals surface area contributed by atoms with Gasteiger partial charge in [0.2, 0.25) is 5.91 Å². The van der Waals surface area contributed by atoms with E-state index in [1.54, 1.807) is 0 Å². The van der Waals surface area contributed by atoms with Gasteiger partial charge in [-0.25, -0.2) is 0 Å². The number of nitrogens with zero attached hydrogens (tertiary/aromatic N) is 1. The summed E-state index contributed by atoms with van der Waals surface area (Å²) in [6.07, 6.45) is 2.86. The molecule has 2 heterocycles. The van der Waals surface area contributed by atoms with Gasteiger partial charge in [0.1, 0.15) is 0 Å². The molecular formula is C7H9NO3. The molecule has 0 bridgehead atoms. The van der Waals surface area contributed by atoms with Gasteiger partial charge >= 0.3 is 0 Å². The van der Waals surface area contributed by atoms with Crippen LogP contribution in [-0.2, 0) is 9.53 Å². The maximum absolute atomic E-state index is 11.0. The predicted octanol–water partition coefficient (Wildman–Crippen LogP) is -0.896. The van der Waals surface area contributed by atoms with E-state index in [0.29, 0.717) is 13.2 Å². The molecule has 1 fully saturated rings. The molecule has 1 unspecified atom stereocenters. The Kier molecular flexibility index (Phi) is 1.27. The van der Waals surface area contributed by atoms with E-state index in [0.717, 1.165) is 0 Å². The molecule has 2 rings (SSSR count). The smallest absolute Gasteiger partial charge is 0.249 e. The average molecular weight is 155 g/mol. The van der Waals surface area contributed by atoms with Crippen LogP contribution >= 0.6 is 0 Å². The van der Waals surface area contributed by atoms with E-state index in [1.165, 1.54) is 17.1 Å². The Labute approximate surface area is 64.1 Å². The van der Waals surface area contributed by atoms with Crippen LogP contribution in [0.3, 0.4) is 0 Å². The summed E-state index contributed by atoms with van der Waals surface area (Å²) >= 11 is 0. The van der Waals surface area contributed by atoms with Crippen molar-refractivity contribution in [1.82, 2.24) is 4.90 Å². The third kappa shape index (κ3) is 0.868. The number of aliphatic hydroxyl groups is 1. The minimum atomic E-state index is -1.16. The summed E-state index contributed by atoms with van der Waals surface area (Å²) in [7, 11) is 0. The first-order valence-corrected chi connectivity index (χ1v) is 3.53. The van der Waals surface area contributed by atoms with Crippen molar-refractivity contribution in [3.05, 3.63) is 12.2 Å². The molecule has 4 heteroatoms. The third-order valence-corrected chi connectivity index (χ3v) is 2.00. The number of hydrogen-bond donors (Lipinski definition) is 1. The molecule has 1 saturated heterocycles. The number of carbonyl (C=O) groups excluding carboxylic acids is 1. The molecule has 4 nitrogen and oxygen atoms in total. The number of morpholine rings is 1. The molecular weight excluding hydrogens is 146 g/mol. The Hall–Kier alpha value is -0.870. The van der Waals surface area contributed by atoms with Gasteiger partial charge in [0.25, 0.3) is 0 Å². The van der Waals surface area contributed by atoms with Gasteiger partial charge in [0.05, 0.1) is 13.2 Å². The van der Waals surface area contributed by atoms with Gasteiger partial charge in [-0.2, -0.15) is 0 Å². The van der Waals surface area contributed by atoms with Gasteiger partial charge in [-0.05, 0) is 6.08 Å². The van der Waals surface area contributed by atoms with Crippen molar-refractivity contribution < 1.29 is 14.6 Å². The summed E-state index contributed by atoms with van der Waals surface area (Å²) < 4.78 is 5.04. The topological polar surface area (TPSA) is 49.8 Å². The third-order valence-electron chi connectivity index (χ3n) is 2.00. The Morgan fingerprint density at radius 3 is 3.27 bits per heavy atom. The summed E-state index contributed by atoms with van der Waals surface area (Å²) in [4.78, 5) is 12.5. The van der Waals surface area contributed by atoms with Crippen LogP contribution < -0.4 is 0 Å². The van der Waals surface area contributed by atoms with Crippen LogP contribution in [0.5, 0.6) is 0 Å². The van der Waals surface area contributed by atoms with Crippen LogP contribution in [0, 0.1) is 0 Å². The van der Waals surface area contributed by atoms with Gasteiger partial charge in [0.15, 0.2) is 5.72 Å². The van der Waals surface area contributed by atoms with Crippen molar-refractivity contribution in [3.8, 4) is 0 Å². The molecule has 1 amide bonds. The molecule has 0 aromatic carbocycles. The maximum Gasteiger partial charge on any atom is 0.249 e. The van der Waals surface area contributed by atoms with Gasteiger partial charge in [0, 0.05) is 12.6 Å². The van der Waals surface area contributed by atoms with Crippen molar-refractivity contribution in [2.75, 3.05) is 19.8 Å². The summed E-state index contributed by atoms with van der Waals surface area (Å²) in [6, 6.07) is 0. The molecule has 0 aliphatic carbocycles. The van der Waals surface area contributed by atoms with E-state index in [4.69, 9.17) is 4.74 Å². The number of hydrogen-bond acceptors (Lipinski definition) is 3. The van der Waals surface area contributed by atoms with Crippen molar-refractivity contribution in [3.63, 3.8) is 0 Å². The fourth-order valence-electron chi connectivity index (χ4n) is 1.38. The lowest BCUT2D eigenvalue weighted by molar-refractivity contribution is -0.168. The fraction of sp³-hybridized carbons (Fsp3) is 0.571. The van der Waals surface area contributed by atoms with E-state index in [-0.39, 0.29) is 12.5 Å². The molecule has 0 saturated carbocycles. The van der Waals surface area contributed by atoms with Gasteiger partial charge in [-0.1, -0.05) is 0 Å². The van der Waals surface area contributed by atoms with Crippen molar-refractivity contribution >= 4 is 5.91 Å². The van der Waals surface area contributed by atoms with Crippen molar-refractivity contribution in [1.29, 1.82) is 0 Å². The number of fused-ring (bicyclic) bond motifs is 1. The largest absolute Gasteiger partial charge is 0.374 e. The van der Waals surface area contributed by atoms with Gasteiger partial charge < -0.3 is 14.7 Å². The average Bonchev–Trinajstić information content (AvgIpc) is 2.29. The monoisotopic (exact) mass is 155 g/mol. The van der Waals surface area contributed by atoms with E-state index in [1.807, 2.05) is 0 Å². The zero-order valence-electron chi connectivity index (χ0n) is 5.99. The lowest BCUT2D eigenvalue weighted by Gasteiger charge is -2.36. The minimum absolute atomic E-state index is 0.129. The maximum atomic E-state index is 11.0. The zero-order valence-corrected chi connectivity index (χ0v) is 5.99. The van der Waals surface area contributed by atoms with E-state index >= 15 is 0 Å². The number of amides is 1. The highest BCUT2D eigenvalue weighted by Gasteiger charge is 2.41. The Balaban J connectivity index is 2.27. The van der Waals surface area contributed by atoms with Crippen LogP contribution in [0.15, 0.2) is 12.2 Å². The standard InChI is InChI=1S/C7H9NO3/c9-6-1-2-7(10)5-11-4-3-8(6)7/h1-2,10H,3-5H2. The molecule has 60 valence electrons. The summed E-state index contributed by atoms with van der Waals surface area (Å²) in [5.74, 6) is -0.129.